The largest absolute Gasteiger partial charge is 0.480 e. The first-order valence-corrected chi connectivity index (χ1v) is 6.72. The van der Waals surface area contributed by atoms with E-state index in [4.69, 9.17) is 5.11 Å². The average Bonchev–Trinajstić information content (AvgIpc) is 2.38. The van der Waals surface area contributed by atoms with Crippen molar-refractivity contribution in [3.63, 3.8) is 0 Å². The molecule has 1 aliphatic carbocycles. The first kappa shape index (κ1) is 12.9. The zero-order chi connectivity index (χ0) is 13.0. The van der Waals surface area contributed by atoms with Gasteiger partial charge in [-0.3, -0.25) is 4.79 Å². The molecule has 0 saturated heterocycles. The minimum Gasteiger partial charge on any atom is -0.480 e. The molecule has 1 aromatic rings. The Bertz CT molecular complexity index is 391. The average molecular weight is 247 g/mol. The monoisotopic (exact) mass is 247 g/mol. The van der Waals surface area contributed by atoms with E-state index in [2.05, 4.69) is 11.8 Å². The summed E-state index contributed by atoms with van der Waals surface area (Å²) in [6.07, 6.45) is 4.78. The molecule has 0 aliphatic heterocycles. The van der Waals surface area contributed by atoms with Gasteiger partial charge in [-0.05, 0) is 30.9 Å². The second-order valence-corrected chi connectivity index (χ2v) is 5.19. The fraction of sp³-hybridized carbons (Fsp3) is 0.533. The lowest BCUT2D eigenvalue weighted by atomic mass is 9.84. The van der Waals surface area contributed by atoms with Crippen LogP contribution in [-0.2, 0) is 4.79 Å². The number of carboxylic acids is 1. The van der Waals surface area contributed by atoms with E-state index in [1.54, 1.807) is 0 Å². The number of benzene rings is 1. The number of nitrogens with zero attached hydrogens (tertiary/aromatic N) is 1. The fourth-order valence-corrected chi connectivity index (χ4v) is 2.92. The van der Waals surface area contributed by atoms with Crippen LogP contribution in [0.15, 0.2) is 30.3 Å². The molecule has 2 unspecified atom stereocenters. The van der Waals surface area contributed by atoms with Crippen LogP contribution >= 0.6 is 0 Å². The zero-order valence-corrected chi connectivity index (χ0v) is 10.9. The van der Waals surface area contributed by atoms with Crippen LogP contribution in [0.5, 0.6) is 0 Å². The van der Waals surface area contributed by atoms with Crippen molar-refractivity contribution in [1.82, 2.24) is 0 Å². The molecule has 3 nitrogen and oxygen atoms in total. The second-order valence-electron chi connectivity index (χ2n) is 5.19. The van der Waals surface area contributed by atoms with E-state index in [-0.39, 0.29) is 6.54 Å². The molecule has 0 amide bonds. The number of rotatable bonds is 4. The Labute approximate surface area is 108 Å². The molecule has 18 heavy (non-hydrogen) atoms. The molecule has 0 aromatic heterocycles. The Hall–Kier alpha value is -1.51. The Morgan fingerprint density at radius 1 is 1.28 bits per heavy atom. The lowest BCUT2D eigenvalue weighted by Gasteiger charge is -2.39. The molecular formula is C15H21NO2. The maximum atomic E-state index is 11.1. The van der Waals surface area contributed by atoms with Gasteiger partial charge in [0.15, 0.2) is 0 Å². The van der Waals surface area contributed by atoms with E-state index in [9.17, 15) is 4.79 Å². The molecule has 0 bridgehead atoms. The van der Waals surface area contributed by atoms with Crippen molar-refractivity contribution in [1.29, 1.82) is 0 Å². The summed E-state index contributed by atoms with van der Waals surface area (Å²) in [5.74, 6) is -0.185. The van der Waals surface area contributed by atoms with E-state index in [1.807, 2.05) is 30.3 Å². The Morgan fingerprint density at radius 2 is 1.94 bits per heavy atom. The summed E-state index contributed by atoms with van der Waals surface area (Å²) in [5.41, 5.74) is 1.03. The van der Waals surface area contributed by atoms with E-state index >= 15 is 0 Å². The van der Waals surface area contributed by atoms with Crippen LogP contribution in [0.2, 0.25) is 0 Å². The Balaban J connectivity index is 2.21. The van der Waals surface area contributed by atoms with Crippen LogP contribution in [0.1, 0.15) is 32.6 Å². The Kier molecular flexibility index (Phi) is 4.24. The summed E-state index contributed by atoms with van der Waals surface area (Å²) in [6.45, 7) is 2.33. The van der Waals surface area contributed by atoms with E-state index in [0.717, 1.165) is 12.1 Å². The lowest BCUT2D eigenvalue weighted by molar-refractivity contribution is -0.135. The molecule has 2 rings (SSSR count). The van der Waals surface area contributed by atoms with Crippen LogP contribution in [0.3, 0.4) is 0 Å². The van der Waals surface area contributed by atoms with Gasteiger partial charge in [0.1, 0.15) is 6.54 Å². The molecule has 3 heteroatoms. The van der Waals surface area contributed by atoms with E-state index in [1.165, 1.54) is 19.3 Å². The van der Waals surface area contributed by atoms with Gasteiger partial charge in [0, 0.05) is 11.7 Å². The van der Waals surface area contributed by atoms with Gasteiger partial charge >= 0.3 is 5.97 Å². The predicted molar refractivity (Wildman–Crippen MR) is 72.8 cm³/mol. The zero-order valence-electron chi connectivity index (χ0n) is 10.9. The number of hydrogen-bond acceptors (Lipinski definition) is 2. The predicted octanol–water partition coefficient (Wildman–Crippen LogP) is 3.16. The van der Waals surface area contributed by atoms with Crippen LogP contribution in [0.4, 0.5) is 5.69 Å². The summed E-state index contributed by atoms with van der Waals surface area (Å²) in [7, 11) is 0. The van der Waals surface area contributed by atoms with Crippen LogP contribution < -0.4 is 4.90 Å². The van der Waals surface area contributed by atoms with Crippen LogP contribution in [0.25, 0.3) is 0 Å². The Morgan fingerprint density at radius 3 is 2.56 bits per heavy atom. The number of anilines is 1. The van der Waals surface area contributed by atoms with Gasteiger partial charge in [0.05, 0.1) is 0 Å². The van der Waals surface area contributed by atoms with Crippen molar-refractivity contribution in [3.8, 4) is 0 Å². The van der Waals surface area contributed by atoms with Crippen LogP contribution in [-0.4, -0.2) is 23.7 Å². The minimum atomic E-state index is -0.753. The molecule has 1 saturated carbocycles. The van der Waals surface area contributed by atoms with Crippen LogP contribution in [0, 0.1) is 5.92 Å². The van der Waals surface area contributed by atoms with Crippen molar-refractivity contribution >= 4 is 11.7 Å². The topological polar surface area (TPSA) is 40.5 Å². The molecule has 98 valence electrons. The fourth-order valence-electron chi connectivity index (χ4n) is 2.92. The van der Waals surface area contributed by atoms with Crippen molar-refractivity contribution in [3.05, 3.63) is 30.3 Å². The number of hydrogen-bond donors (Lipinski definition) is 1. The number of carboxylic acid groups (broad SMARTS) is 1. The van der Waals surface area contributed by atoms with Gasteiger partial charge in [-0.15, -0.1) is 0 Å². The first-order chi connectivity index (χ1) is 8.68. The second kappa shape index (κ2) is 5.89. The van der Waals surface area contributed by atoms with Gasteiger partial charge in [-0.1, -0.05) is 38.0 Å². The third-order valence-electron chi connectivity index (χ3n) is 3.86. The maximum absolute atomic E-state index is 11.1. The normalized spacial score (nSPS) is 23.6. The highest BCUT2D eigenvalue weighted by atomic mass is 16.4. The third-order valence-corrected chi connectivity index (χ3v) is 3.86. The van der Waals surface area contributed by atoms with Crippen molar-refractivity contribution in [2.24, 2.45) is 5.92 Å². The molecule has 1 aliphatic rings. The highest BCUT2D eigenvalue weighted by molar-refractivity contribution is 5.74. The molecule has 1 aromatic carbocycles. The van der Waals surface area contributed by atoms with Gasteiger partial charge < -0.3 is 10.0 Å². The molecule has 1 N–H and O–H groups in total. The smallest absolute Gasteiger partial charge is 0.323 e. The SMILES string of the molecule is CC1CCCCC1N(CC(=O)O)c1ccccc1. The van der Waals surface area contributed by atoms with Gasteiger partial charge in [0.25, 0.3) is 0 Å². The maximum Gasteiger partial charge on any atom is 0.323 e. The molecule has 0 spiro atoms. The number of para-hydroxylation sites is 1. The summed E-state index contributed by atoms with van der Waals surface area (Å²) in [5, 5.41) is 9.12. The van der Waals surface area contributed by atoms with Gasteiger partial charge in [0.2, 0.25) is 0 Å². The van der Waals surface area contributed by atoms with Gasteiger partial charge in [-0.2, -0.15) is 0 Å². The summed E-state index contributed by atoms with van der Waals surface area (Å²) in [6, 6.07) is 10.3. The standard InChI is InChI=1S/C15H21NO2/c1-12-7-5-6-10-14(12)16(11-15(17)18)13-8-3-2-4-9-13/h2-4,8-9,12,14H,5-7,10-11H2,1H3,(H,17,18). The lowest BCUT2D eigenvalue weighted by Crippen LogP contribution is -2.44. The van der Waals surface area contributed by atoms with Gasteiger partial charge in [-0.25, -0.2) is 0 Å². The first-order valence-electron chi connectivity index (χ1n) is 6.72. The van der Waals surface area contributed by atoms with E-state index in [0.29, 0.717) is 12.0 Å². The molecule has 0 heterocycles. The number of carbonyl (C=O) groups is 1. The van der Waals surface area contributed by atoms with Crippen molar-refractivity contribution in [2.45, 2.75) is 38.6 Å². The summed E-state index contributed by atoms with van der Waals surface area (Å²) >= 11 is 0. The van der Waals surface area contributed by atoms with Crippen molar-refractivity contribution in [2.75, 3.05) is 11.4 Å². The summed E-state index contributed by atoms with van der Waals surface area (Å²) < 4.78 is 0. The molecule has 1 fully saturated rings. The molecule has 2 atom stereocenters. The molecule has 0 radical (unpaired) electrons. The minimum absolute atomic E-state index is 0.0962. The summed E-state index contributed by atoms with van der Waals surface area (Å²) in [4.78, 5) is 13.2. The molecular weight excluding hydrogens is 226 g/mol. The quantitative estimate of drug-likeness (QED) is 0.888. The van der Waals surface area contributed by atoms with E-state index < -0.39 is 5.97 Å². The highest BCUT2D eigenvalue weighted by Gasteiger charge is 2.28. The van der Waals surface area contributed by atoms with Crippen molar-refractivity contribution < 1.29 is 9.90 Å². The highest BCUT2D eigenvalue weighted by Crippen LogP contribution is 2.31. The number of aliphatic carboxylic acids is 1. The third kappa shape index (κ3) is 3.03.